The fourth-order valence-electron chi connectivity index (χ4n) is 3.78. The fourth-order valence-corrected chi connectivity index (χ4v) is 4.14. The van der Waals surface area contributed by atoms with E-state index in [0.717, 1.165) is 41.3 Å². The Kier molecular flexibility index (Phi) is 6.24. The molecular formula is C22H23BrN4O4. The molecule has 1 saturated heterocycles. The lowest BCUT2D eigenvalue weighted by Gasteiger charge is -2.17. The molecule has 2 aromatic carbocycles. The number of halogens is 1. The minimum atomic E-state index is -0.546. The molecule has 3 aromatic rings. The van der Waals surface area contributed by atoms with E-state index in [2.05, 4.69) is 31.1 Å². The van der Waals surface area contributed by atoms with Crippen molar-refractivity contribution in [2.45, 2.75) is 19.5 Å². The molecule has 1 aromatic heterocycles. The van der Waals surface area contributed by atoms with E-state index in [-0.39, 0.29) is 11.6 Å². The Hall–Kier alpha value is -2.91. The Morgan fingerprint density at radius 2 is 1.84 bits per heavy atom. The van der Waals surface area contributed by atoms with Gasteiger partial charge in [-0.25, -0.2) is 0 Å². The lowest BCUT2D eigenvalue weighted by molar-refractivity contribution is 0.0994. The Balaban J connectivity index is 1.69. The highest BCUT2D eigenvalue weighted by atomic mass is 79.9. The topological polar surface area (TPSA) is 88.7 Å². The molecule has 1 N–H and O–H groups in total. The van der Waals surface area contributed by atoms with Crippen LogP contribution in [0.15, 0.2) is 51.1 Å². The molecule has 31 heavy (non-hydrogen) atoms. The number of likely N-dealkylation sites (tertiary alicyclic amines) is 1. The third-order valence-electron chi connectivity index (χ3n) is 5.38. The van der Waals surface area contributed by atoms with Gasteiger partial charge in [-0.15, -0.1) is 10.2 Å². The third-order valence-corrected chi connectivity index (χ3v) is 5.88. The van der Waals surface area contributed by atoms with Crippen LogP contribution in [-0.2, 0) is 6.67 Å². The minimum Gasteiger partial charge on any atom is -0.493 e. The molecule has 0 radical (unpaired) electrons. The van der Waals surface area contributed by atoms with Gasteiger partial charge >= 0.3 is 0 Å². The molecule has 1 amide bonds. The zero-order valence-corrected chi connectivity index (χ0v) is 18.9. The van der Waals surface area contributed by atoms with Crippen molar-refractivity contribution in [1.29, 1.82) is 0 Å². The number of nitrogens with zero attached hydrogens (tertiary/aromatic N) is 4. The van der Waals surface area contributed by atoms with Crippen LogP contribution in [0.5, 0.6) is 17.4 Å². The second-order valence-corrected chi connectivity index (χ2v) is 8.22. The molecule has 2 heterocycles. The number of ether oxygens (including phenoxy) is 2. The number of amides is 1. The largest absolute Gasteiger partial charge is 0.493 e. The number of rotatable bonds is 6. The van der Waals surface area contributed by atoms with Crippen molar-refractivity contribution in [3.8, 4) is 17.4 Å². The van der Waals surface area contributed by atoms with E-state index in [1.807, 2.05) is 22.8 Å². The summed E-state index contributed by atoms with van der Waals surface area (Å²) in [7, 11) is 3.02. The maximum atomic E-state index is 12.6. The number of benzene rings is 2. The second kappa shape index (κ2) is 9.07. The molecule has 9 heteroatoms. The van der Waals surface area contributed by atoms with Crippen LogP contribution in [0.25, 0.3) is 10.9 Å². The molecule has 0 aliphatic carbocycles. The number of methoxy groups -OCH3 is 2. The first kappa shape index (κ1) is 21.3. The molecular weight excluding hydrogens is 464 g/mol. The van der Waals surface area contributed by atoms with E-state index in [1.165, 1.54) is 14.2 Å². The summed E-state index contributed by atoms with van der Waals surface area (Å²) in [6, 6.07) is 10.5. The van der Waals surface area contributed by atoms with Crippen molar-refractivity contribution in [3.63, 3.8) is 0 Å². The van der Waals surface area contributed by atoms with Gasteiger partial charge in [0.2, 0.25) is 5.88 Å². The number of carbonyl (C=O) groups excluding carboxylic acids is 1. The maximum Gasteiger partial charge on any atom is 0.295 e. The molecule has 1 aliphatic heterocycles. The van der Waals surface area contributed by atoms with Gasteiger partial charge in [0.05, 0.1) is 26.4 Å². The van der Waals surface area contributed by atoms with Crippen molar-refractivity contribution in [2.75, 3.05) is 27.3 Å². The van der Waals surface area contributed by atoms with Gasteiger partial charge in [-0.1, -0.05) is 15.9 Å². The summed E-state index contributed by atoms with van der Waals surface area (Å²) in [4.78, 5) is 14.9. The maximum absolute atomic E-state index is 12.6. The summed E-state index contributed by atoms with van der Waals surface area (Å²) >= 11 is 3.47. The summed E-state index contributed by atoms with van der Waals surface area (Å²) < 4.78 is 13.1. The number of aromatic hydroxyl groups is 1. The lowest BCUT2D eigenvalue weighted by atomic mass is 10.2. The van der Waals surface area contributed by atoms with Gasteiger partial charge in [-0.05, 0) is 62.3 Å². The molecule has 162 valence electrons. The van der Waals surface area contributed by atoms with E-state index in [9.17, 15) is 9.90 Å². The fraction of sp³-hybridized carbons (Fsp3) is 0.318. The highest BCUT2D eigenvalue weighted by molar-refractivity contribution is 9.10. The van der Waals surface area contributed by atoms with Crippen molar-refractivity contribution >= 4 is 38.4 Å². The zero-order valence-electron chi connectivity index (χ0n) is 17.3. The molecule has 4 rings (SSSR count). The number of carbonyl (C=O) groups is 1. The van der Waals surface area contributed by atoms with E-state index in [1.54, 1.807) is 18.2 Å². The average molecular weight is 487 g/mol. The zero-order chi connectivity index (χ0) is 22.0. The van der Waals surface area contributed by atoms with Crippen LogP contribution < -0.4 is 9.47 Å². The third kappa shape index (κ3) is 4.28. The van der Waals surface area contributed by atoms with Gasteiger partial charge in [0.25, 0.3) is 5.91 Å². The van der Waals surface area contributed by atoms with Gasteiger partial charge in [0, 0.05) is 15.4 Å². The Bertz CT molecular complexity index is 1150. The van der Waals surface area contributed by atoms with Crippen LogP contribution in [0.3, 0.4) is 0 Å². The molecule has 0 atom stereocenters. The monoisotopic (exact) mass is 486 g/mol. The van der Waals surface area contributed by atoms with Crippen molar-refractivity contribution in [2.24, 2.45) is 10.2 Å². The predicted octanol–water partition coefficient (Wildman–Crippen LogP) is 5.10. The first-order chi connectivity index (χ1) is 15.0. The molecule has 1 fully saturated rings. The quantitative estimate of drug-likeness (QED) is 0.489. The molecule has 8 nitrogen and oxygen atoms in total. The van der Waals surface area contributed by atoms with Gasteiger partial charge in [0.15, 0.2) is 17.2 Å². The lowest BCUT2D eigenvalue weighted by Crippen LogP contribution is -2.22. The molecule has 1 aliphatic rings. The molecule has 0 saturated carbocycles. The molecule has 0 bridgehead atoms. The Morgan fingerprint density at radius 3 is 2.55 bits per heavy atom. The van der Waals surface area contributed by atoms with E-state index in [4.69, 9.17) is 9.47 Å². The van der Waals surface area contributed by atoms with Crippen molar-refractivity contribution < 1.29 is 19.4 Å². The van der Waals surface area contributed by atoms with Crippen LogP contribution in [0.4, 0.5) is 5.69 Å². The SMILES string of the molecule is COc1ccc(C(=O)N=Nc2c(O)n(CN3CCCC3)c3ccc(Br)cc23)cc1OC. The minimum absolute atomic E-state index is 0.0103. The summed E-state index contributed by atoms with van der Waals surface area (Å²) in [5.41, 5.74) is 1.41. The van der Waals surface area contributed by atoms with Gasteiger partial charge in [-0.2, -0.15) is 0 Å². The first-order valence-electron chi connectivity index (χ1n) is 9.93. The summed E-state index contributed by atoms with van der Waals surface area (Å²) in [5.74, 6) is 0.390. The van der Waals surface area contributed by atoms with Crippen molar-refractivity contribution in [1.82, 2.24) is 9.47 Å². The highest BCUT2D eigenvalue weighted by Crippen LogP contribution is 2.40. The standard InChI is InChI=1S/C22H23BrN4O4/c1-30-18-8-5-14(11-19(18)31-2)21(28)25-24-20-16-12-15(23)6-7-17(16)27(22(20)29)13-26-9-3-4-10-26/h5-8,11-12,29H,3-4,9-10,13H2,1-2H3. The first-order valence-corrected chi connectivity index (χ1v) is 10.7. The summed E-state index contributed by atoms with van der Waals surface area (Å²) in [6.45, 7) is 2.54. The highest BCUT2D eigenvalue weighted by Gasteiger charge is 2.21. The average Bonchev–Trinajstić information content (AvgIpc) is 3.38. The number of fused-ring (bicyclic) bond motifs is 1. The van der Waals surface area contributed by atoms with Crippen LogP contribution >= 0.6 is 15.9 Å². The van der Waals surface area contributed by atoms with E-state index in [0.29, 0.717) is 23.7 Å². The second-order valence-electron chi connectivity index (χ2n) is 7.30. The number of aromatic nitrogens is 1. The Morgan fingerprint density at radius 1 is 1.10 bits per heavy atom. The van der Waals surface area contributed by atoms with Gasteiger partial charge in [0.1, 0.15) is 0 Å². The van der Waals surface area contributed by atoms with Crippen molar-refractivity contribution in [3.05, 3.63) is 46.4 Å². The predicted molar refractivity (Wildman–Crippen MR) is 121 cm³/mol. The smallest absolute Gasteiger partial charge is 0.295 e. The Labute approximate surface area is 188 Å². The summed E-state index contributed by atoms with van der Waals surface area (Å²) in [6.07, 6.45) is 2.30. The number of hydrogen-bond acceptors (Lipinski definition) is 6. The normalized spacial score (nSPS) is 14.5. The summed E-state index contributed by atoms with van der Waals surface area (Å²) in [5, 5.41) is 19.6. The number of azo groups is 1. The van der Waals surface area contributed by atoms with E-state index < -0.39 is 5.91 Å². The van der Waals surface area contributed by atoms with Crippen LogP contribution in [0.2, 0.25) is 0 Å². The molecule has 0 spiro atoms. The van der Waals surface area contributed by atoms with Crippen LogP contribution in [-0.4, -0.2) is 47.8 Å². The van der Waals surface area contributed by atoms with Gasteiger partial charge < -0.3 is 14.6 Å². The van der Waals surface area contributed by atoms with Crippen LogP contribution in [0.1, 0.15) is 23.2 Å². The van der Waals surface area contributed by atoms with Crippen LogP contribution in [0, 0.1) is 0 Å². The van der Waals surface area contributed by atoms with E-state index >= 15 is 0 Å². The number of hydrogen-bond donors (Lipinski definition) is 1. The van der Waals surface area contributed by atoms with Gasteiger partial charge in [-0.3, -0.25) is 14.3 Å². The molecule has 0 unspecified atom stereocenters.